The first-order valence-electron chi connectivity index (χ1n) is 10.9. The lowest BCUT2D eigenvalue weighted by molar-refractivity contribution is -0.137. The van der Waals surface area contributed by atoms with Gasteiger partial charge in [0.15, 0.2) is 0 Å². The maximum Gasteiger partial charge on any atom is 0.416 e. The highest BCUT2D eigenvalue weighted by molar-refractivity contribution is 6.04. The van der Waals surface area contributed by atoms with Crippen molar-refractivity contribution in [1.29, 1.82) is 0 Å². The SMILES string of the molecule is Cc1cc(C#CC2=CC(C)C=C3C=CC=NCC23)cc(C(=O)Nc2cccc(C(F)(F)F)c2)c1. The van der Waals surface area contributed by atoms with Crippen molar-refractivity contribution < 1.29 is 18.0 Å². The number of benzene rings is 2. The molecule has 1 N–H and O–H groups in total. The Morgan fingerprint density at radius 3 is 2.74 bits per heavy atom. The van der Waals surface area contributed by atoms with Crippen LogP contribution in [0.3, 0.4) is 0 Å². The third-order valence-electron chi connectivity index (χ3n) is 5.58. The summed E-state index contributed by atoms with van der Waals surface area (Å²) >= 11 is 0. The van der Waals surface area contributed by atoms with Gasteiger partial charge in [0.2, 0.25) is 0 Å². The zero-order valence-corrected chi connectivity index (χ0v) is 18.8. The minimum absolute atomic E-state index is 0.0802. The third kappa shape index (κ3) is 5.55. The first kappa shape index (κ1) is 23.3. The van der Waals surface area contributed by atoms with Crippen LogP contribution in [0.5, 0.6) is 0 Å². The highest BCUT2D eigenvalue weighted by atomic mass is 19.4. The highest BCUT2D eigenvalue weighted by Crippen LogP contribution is 2.32. The molecule has 2 aromatic rings. The number of hydrogen-bond acceptors (Lipinski definition) is 2. The molecule has 0 saturated carbocycles. The molecule has 0 fully saturated rings. The van der Waals surface area contributed by atoms with Gasteiger partial charge in [0.1, 0.15) is 0 Å². The van der Waals surface area contributed by atoms with Crippen molar-refractivity contribution in [2.45, 2.75) is 20.0 Å². The Hall–Kier alpha value is -3.85. The summed E-state index contributed by atoms with van der Waals surface area (Å²) in [4.78, 5) is 17.2. The number of fused-ring (bicyclic) bond motifs is 1. The van der Waals surface area contributed by atoms with Crippen LogP contribution in [0.2, 0.25) is 0 Å². The number of amides is 1. The normalized spacial score (nSPS) is 19.2. The zero-order valence-electron chi connectivity index (χ0n) is 18.8. The fraction of sp³-hybridized carbons (Fsp3) is 0.214. The van der Waals surface area contributed by atoms with Crippen LogP contribution in [0.15, 0.2) is 82.9 Å². The highest BCUT2D eigenvalue weighted by Gasteiger charge is 2.30. The second kappa shape index (κ2) is 9.56. The summed E-state index contributed by atoms with van der Waals surface area (Å²) in [5.41, 5.74) is 3.27. The number of halogens is 3. The van der Waals surface area contributed by atoms with Gasteiger partial charge in [-0.2, -0.15) is 13.2 Å². The zero-order chi connectivity index (χ0) is 24.3. The van der Waals surface area contributed by atoms with Gasteiger partial charge in [0.05, 0.1) is 12.1 Å². The van der Waals surface area contributed by atoms with Crippen molar-refractivity contribution in [1.82, 2.24) is 0 Å². The molecule has 1 aliphatic heterocycles. The fourth-order valence-electron chi connectivity index (χ4n) is 4.04. The van der Waals surface area contributed by atoms with E-state index in [1.165, 1.54) is 17.7 Å². The largest absolute Gasteiger partial charge is 0.416 e. The smallest absolute Gasteiger partial charge is 0.322 e. The molecule has 4 rings (SSSR count). The van der Waals surface area contributed by atoms with E-state index in [9.17, 15) is 18.0 Å². The van der Waals surface area contributed by atoms with Gasteiger partial charge in [-0.25, -0.2) is 0 Å². The fourth-order valence-corrected chi connectivity index (χ4v) is 4.04. The standard InChI is InChI=1S/C28H23F3N2O/c1-18-11-20(8-9-22-13-19(2)12-21-5-4-10-32-17-26(21)22)15-23(14-18)27(34)33-25-7-3-6-24(16-25)28(29,30)31/h3-7,10-16,19,26H,17H2,1-2H3,(H,33,34). The number of nitrogens with one attached hydrogen (secondary N) is 1. The Balaban J connectivity index is 1.57. The van der Waals surface area contributed by atoms with Gasteiger partial charge in [-0.3, -0.25) is 9.79 Å². The molecule has 0 aromatic heterocycles. The first-order chi connectivity index (χ1) is 16.2. The van der Waals surface area contributed by atoms with Crippen molar-refractivity contribution in [3.8, 4) is 11.8 Å². The van der Waals surface area contributed by atoms with Gasteiger partial charge in [-0.1, -0.05) is 43.1 Å². The Bertz CT molecular complexity index is 1300. The summed E-state index contributed by atoms with van der Waals surface area (Å²) in [6, 6.07) is 9.78. The monoisotopic (exact) mass is 460 g/mol. The van der Waals surface area contributed by atoms with Crippen molar-refractivity contribution in [3.05, 3.63) is 100 Å². The summed E-state index contributed by atoms with van der Waals surface area (Å²) in [6.07, 6.45) is 5.66. The molecule has 2 aromatic carbocycles. The number of rotatable bonds is 2. The maximum absolute atomic E-state index is 13.0. The van der Waals surface area contributed by atoms with E-state index in [0.717, 1.165) is 23.3 Å². The molecule has 3 nitrogen and oxygen atoms in total. The number of aliphatic imine (C=N–C) groups is 1. The molecule has 172 valence electrons. The molecule has 1 amide bonds. The molecule has 6 heteroatoms. The molecular formula is C28H23F3N2O. The van der Waals surface area contributed by atoms with Gasteiger partial charge in [0.25, 0.3) is 5.91 Å². The number of carbonyl (C=O) groups excluding carboxylic acids is 1. The van der Waals surface area contributed by atoms with Crippen LogP contribution < -0.4 is 5.32 Å². The number of nitrogens with zero attached hydrogens (tertiary/aromatic N) is 1. The Labute approximate surface area is 196 Å². The van der Waals surface area contributed by atoms with Gasteiger partial charge in [0, 0.05) is 34.5 Å². The summed E-state index contributed by atoms with van der Waals surface area (Å²) in [7, 11) is 0. The predicted octanol–water partition coefficient (Wildman–Crippen LogP) is 6.38. The van der Waals surface area contributed by atoms with Crippen molar-refractivity contribution in [2.24, 2.45) is 16.8 Å². The van der Waals surface area contributed by atoms with Crippen LogP contribution in [0.4, 0.5) is 18.9 Å². The molecule has 2 atom stereocenters. The molecule has 0 bridgehead atoms. The number of aryl methyl sites for hydroxylation is 1. The molecular weight excluding hydrogens is 437 g/mol. The lowest BCUT2D eigenvalue weighted by atomic mass is 9.82. The Kier molecular flexibility index (Phi) is 6.56. The van der Waals surface area contributed by atoms with Crippen LogP contribution in [-0.4, -0.2) is 18.7 Å². The number of alkyl halides is 3. The van der Waals surface area contributed by atoms with Gasteiger partial charge >= 0.3 is 6.18 Å². The van der Waals surface area contributed by atoms with Crippen LogP contribution in [0.1, 0.15) is 34.0 Å². The lowest BCUT2D eigenvalue weighted by Crippen LogP contribution is -2.15. The van der Waals surface area contributed by atoms with Crippen LogP contribution in [-0.2, 0) is 6.18 Å². The number of carbonyl (C=O) groups is 1. The van der Waals surface area contributed by atoms with Crippen LogP contribution in [0.25, 0.3) is 0 Å². The summed E-state index contributed by atoms with van der Waals surface area (Å²) in [5.74, 6) is 6.30. The van der Waals surface area contributed by atoms with Crippen LogP contribution >= 0.6 is 0 Å². The second-order valence-electron chi connectivity index (χ2n) is 8.44. The van der Waals surface area contributed by atoms with Gasteiger partial charge in [-0.15, -0.1) is 0 Å². The van der Waals surface area contributed by atoms with E-state index in [0.29, 0.717) is 17.7 Å². The maximum atomic E-state index is 13.0. The molecule has 2 unspecified atom stereocenters. The van der Waals surface area contributed by atoms with E-state index in [1.807, 2.05) is 19.1 Å². The summed E-state index contributed by atoms with van der Waals surface area (Å²) < 4.78 is 38.9. The quantitative estimate of drug-likeness (QED) is 0.520. The van der Waals surface area contributed by atoms with Crippen molar-refractivity contribution in [3.63, 3.8) is 0 Å². The van der Waals surface area contributed by atoms with E-state index in [1.54, 1.807) is 18.3 Å². The molecule has 34 heavy (non-hydrogen) atoms. The van der Waals surface area contributed by atoms with Gasteiger partial charge < -0.3 is 5.32 Å². The third-order valence-corrected chi connectivity index (χ3v) is 5.58. The second-order valence-corrected chi connectivity index (χ2v) is 8.44. The summed E-state index contributed by atoms with van der Waals surface area (Å²) in [6.45, 7) is 4.58. The van der Waals surface area contributed by atoms with Crippen molar-refractivity contribution >= 4 is 17.8 Å². The minimum atomic E-state index is -4.48. The first-order valence-corrected chi connectivity index (χ1v) is 10.9. The summed E-state index contributed by atoms with van der Waals surface area (Å²) in [5, 5.41) is 2.55. The molecule has 0 saturated heterocycles. The molecule has 0 radical (unpaired) electrons. The number of anilines is 1. The number of hydrogen-bond donors (Lipinski definition) is 1. The van der Waals surface area contributed by atoms with E-state index in [2.05, 4.69) is 47.3 Å². The van der Waals surface area contributed by atoms with E-state index in [-0.39, 0.29) is 17.5 Å². The Morgan fingerprint density at radius 1 is 1.12 bits per heavy atom. The average molecular weight is 460 g/mol. The van der Waals surface area contributed by atoms with Crippen molar-refractivity contribution in [2.75, 3.05) is 11.9 Å². The molecule has 2 aliphatic rings. The van der Waals surface area contributed by atoms with E-state index < -0.39 is 17.6 Å². The Morgan fingerprint density at radius 2 is 1.94 bits per heavy atom. The topological polar surface area (TPSA) is 41.5 Å². The van der Waals surface area contributed by atoms with Gasteiger partial charge in [-0.05, 0) is 66.5 Å². The van der Waals surface area contributed by atoms with Crippen LogP contribution in [0, 0.1) is 30.6 Å². The number of allylic oxidation sites excluding steroid dienone is 4. The van der Waals surface area contributed by atoms with E-state index >= 15 is 0 Å². The predicted molar refractivity (Wildman–Crippen MR) is 129 cm³/mol. The average Bonchev–Trinajstić information content (AvgIpc) is 3.02. The van der Waals surface area contributed by atoms with E-state index in [4.69, 9.17) is 0 Å². The molecule has 1 heterocycles. The molecule has 1 aliphatic carbocycles. The lowest BCUT2D eigenvalue weighted by Gasteiger charge is -2.22. The minimum Gasteiger partial charge on any atom is -0.322 e. The molecule has 0 spiro atoms.